The van der Waals surface area contributed by atoms with Crippen LogP contribution in [0.1, 0.15) is 20.3 Å². The average molecular weight is 380 g/mol. The summed E-state index contributed by atoms with van der Waals surface area (Å²) in [7, 11) is -5.93. The van der Waals surface area contributed by atoms with Crippen molar-refractivity contribution in [2.75, 3.05) is 13.2 Å². The van der Waals surface area contributed by atoms with Crippen LogP contribution in [0.15, 0.2) is 12.2 Å². The van der Waals surface area contributed by atoms with Crippen molar-refractivity contribution in [2.24, 2.45) is 5.92 Å². The van der Waals surface area contributed by atoms with Gasteiger partial charge in [0.1, 0.15) is 6.61 Å². The Morgan fingerprint density at radius 1 is 1.21 bits per heavy atom. The molecule has 0 radical (unpaired) electrons. The van der Waals surface area contributed by atoms with Gasteiger partial charge < -0.3 is 9.47 Å². The lowest BCUT2D eigenvalue weighted by atomic mass is 9.99. The molecule has 0 bridgehead atoms. The normalized spacial score (nSPS) is 14.0. The number of ether oxygens (including phenoxy) is 2. The van der Waals surface area contributed by atoms with E-state index in [1.54, 1.807) is 0 Å². The lowest BCUT2D eigenvalue weighted by molar-refractivity contribution is -0.190. The van der Waals surface area contributed by atoms with Crippen LogP contribution in [-0.2, 0) is 29.2 Å². The van der Waals surface area contributed by atoms with Gasteiger partial charge in [0, 0.05) is 5.57 Å². The van der Waals surface area contributed by atoms with Gasteiger partial charge in [-0.05, 0) is 13.3 Å². The molecule has 1 N–H and O–H groups in total. The summed E-state index contributed by atoms with van der Waals surface area (Å²) < 4.78 is 90.3. The van der Waals surface area contributed by atoms with Crippen LogP contribution in [0.4, 0.5) is 17.6 Å². The topological polar surface area (TPSA) is 107 Å². The molecule has 1 atom stereocenters. The Balaban J connectivity index is 4.96. The Hall–Kier alpha value is -1.69. The van der Waals surface area contributed by atoms with Crippen LogP contribution in [0, 0.1) is 5.92 Å². The molecule has 24 heavy (non-hydrogen) atoms. The molecule has 0 heterocycles. The molecule has 0 aromatic carbocycles. The van der Waals surface area contributed by atoms with Crippen LogP contribution >= 0.6 is 0 Å². The van der Waals surface area contributed by atoms with Crippen molar-refractivity contribution >= 4 is 22.1 Å². The van der Waals surface area contributed by atoms with E-state index in [0.717, 1.165) is 0 Å². The first kappa shape index (κ1) is 22.3. The fourth-order valence-corrected chi connectivity index (χ4v) is 1.47. The molecule has 7 nitrogen and oxygen atoms in total. The summed E-state index contributed by atoms with van der Waals surface area (Å²) in [5.74, 6) is -9.66. The van der Waals surface area contributed by atoms with Crippen LogP contribution in [0.5, 0.6) is 0 Å². The minimum atomic E-state index is -5.93. The maximum atomic E-state index is 13.9. The maximum absolute atomic E-state index is 13.9. The molecular weight excluding hydrogens is 364 g/mol. The highest BCUT2D eigenvalue weighted by Gasteiger charge is 2.52. The third kappa shape index (κ3) is 5.74. The first-order valence-electron chi connectivity index (χ1n) is 6.39. The van der Waals surface area contributed by atoms with Crippen molar-refractivity contribution in [3.63, 3.8) is 0 Å². The summed E-state index contributed by atoms with van der Waals surface area (Å²) in [5, 5.41) is -4.94. The summed E-state index contributed by atoms with van der Waals surface area (Å²) >= 11 is 0. The number of hydrogen-bond donors (Lipinski definition) is 1. The number of alkyl halides is 4. The van der Waals surface area contributed by atoms with Crippen LogP contribution in [-0.4, -0.2) is 49.3 Å². The molecule has 0 fully saturated rings. The van der Waals surface area contributed by atoms with Crippen molar-refractivity contribution in [1.29, 1.82) is 0 Å². The quantitative estimate of drug-likeness (QED) is 0.281. The molecule has 0 aromatic rings. The second-order valence-electron chi connectivity index (χ2n) is 4.80. The van der Waals surface area contributed by atoms with Crippen molar-refractivity contribution < 1.29 is 49.6 Å². The zero-order valence-electron chi connectivity index (χ0n) is 12.7. The van der Waals surface area contributed by atoms with Gasteiger partial charge in [-0.25, -0.2) is 9.59 Å². The molecule has 0 aliphatic carbocycles. The van der Waals surface area contributed by atoms with Crippen molar-refractivity contribution in [3.05, 3.63) is 12.2 Å². The first-order chi connectivity index (χ1) is 10.7. The average Bonchev–Trinajstić information content (AvgIpc) is 2.43. The molecule has 0 aliphatic heterocycles. The lowest BCUT2D eigenvalue weighted by Gasteiger charge is -2.24. The lowest BCUT2D eigenvalue weighted by Crippen LogP contribution is -2.44. The smallest absolute Gasteiger partial charge is 0.402 e. The number of hydrogen-bond acceptors (Lipinski definition) is 6. The maximum Gasteiger partial charge on any atom is 0.402 e. The van der Waals surface area contributed by atoms with E-state index in [9.17, 15) is 35.6 Å². The SMILES string of the molecule is C=C(C)C(=O)OCC(CC)C(F)(F)C(=O)OCC(F)(F)S(=O)(=O)O. The van der Waals surface area contributed by atoms with Gasteiger partial charge in [0.25, 0.3) is 0 Å². The van der Waals surface area contributed by atoms with Crippen LogP contribution in [0.2, 0.25) is 0 Å². The van der Waals surface area contributed by atoms with E-state index in [-0.39, 0.29) is 12.0 Å². The first-order valence-corrected chi connectivity index (χ1v) is 7.83. The largest absolute Gasteiger partial charge is 0.462 e. The fourth-order valence-electron chi connectivity index (χ4n) is 1.27. The molecular formula is C12H16F4O7S. The Morgan fingerprint density at radius 2 is 1.71 bits per heavy atom. The third-order valence-electron chi connectivity index (χ3n) is 2.79. The highest BCUT2D eigenvalue weighted by Crippen LogP contribution is 2.30. The van der Waals surface area contributed by atoms with E-state index in [0.29, 0.717) is 0 Å². The van der Waals surface area contributed by atoms with Crippen molar-refractivity contribution in [2.45, 2.75) is 31.4 Å². The summed E-state index contributed by atoms with van der Waals surface area (Å²) in [4.78, 5) is 22.4. The van der Waals surface area contributed by atoms with E-state index in [2.05, 4.69) is 16.1 Å². The van der Waals surface area contributed by atoms with Gasteiger partial charge in [-0.3, -0.25) is 4.55 Å². The van der Waals surface area contributed by atoms with Gasteiger partial charge >= 0.3 is 33.2 Å². The van der Waals surface area contributed by atoms with Crippen LogP contribution in [0.25, 0.3) is 0 Å². The van der Waals surface area contributed by atoms with Crippen molar-refractivity contribution in [3.8, 4) is 0 Å². The summed E-state index contributed by atoms with van der Waals surface area (Å²) in [6.07, 6.45) is -0.389. The monoisotopic (exact) mass is 380 g/mol. The minimum absolute atomic E-state index is 0.0801. The van der Waals surface area contributed by atoms with Gasteiger partial charge in [-0.1, -0.05) is 13.5 Å². The molecule has 0 amide bonds. The van der Waals surface area contributed by atoms with E-state index < -0.39 is 52.4 Å². The highest BCUT2D eigenvalue weighted by atomic mass is 32.2. The standard InChI is InChI=1S/C12H16F4O7S/c1-4-8(5-22-9(17)7(2)3)12(15,16)10(18)23-6-11(13,14)24(19,20)21/h8H,2,4-6H2,1,3H3,(H,19,20,21). The van der Waals surface area contributed by atoms with E-state index >= 15 is 0 Å². The highest BCUT2D eigenvalue weighted by molar-refractivity contribution is 7.86. The van der Waals surface area contributed by atoms with E-state index in [1.807, 2.05) is 0 Å². The van der Waals surface area contributed by atoms with E-state index in [1.165, 1.54) is 13.8 Å². The Bertz CT molecular complexity index is 601. The van der Waals surface area contributed by atoms with Gasteiger partial charge in [0.05, 0.1) is 5.92 Å². The zero-order chi connectivity index (χ0) is 19.3. The molecule has 0 rings (SSSR count). The number of carbonyl (C=O) groups is 2. The Morgan fingerprint density at radius 3 is 2.08 bits per heavy atom. The summed E-state index contributed by atoms with van der Waals surface area (Å²) in [5.41, 5.74) is -0.0801. The van der Waals surface area contributed by atoms with Gasteiger partial charge in [-0.2, -0.15) is 26.0 Å². The fraction of sp³-hybridized carbons (Fsp3) is 0.667. The molecule has 0 aromatic heterocycles. The van der Waals surface area contributed by atoms with Gasteiger partial charge in [-0.15, -0.1) is 0 Å². The van der Waals surface area contributed by atoms with Gasteiger partial charge in [0.2, 0.25) is 0 Å². The molecule has 0 saturated carbocycles. The second-order valence-corrected chi connectivity index (χ2v) is 6.34. The Labute approximate surface area is 135 Å². The minimum Gasteiger partial charge on any atom is -0.462 e. The predicted molar refractivity (Wildman–Crippen MR) is 72.0 cm³/mol. The summed E-state index contributed by atoms with van der Waals surface area (Å²) in [6, 6.07) is 0. The third-order valence-corrected chi connectivity index (χ3v) is 3.66. The second kappa shape index (κ2) is 7.92. The molecule has 140 valence electrons. The number of halogens is 4. The molecule has 0 spiro atoms. The number of carbonyl (C=O) groups excluding carboxylic acids is 2. The van der Waals surface area contributed by atoms with Crippen molar-refractivity contribution in [1.82, 2.24) is 0 Å². The Kier molecular flexibility index (Phi) is 7.36. The van der Waals surface area contributed by atoms with Crippen LogP contribution < -0.4 is 0 Å². The molecule has 0 saturated heterocycles. The number of esters is 2. The van der Waals surface area contributed by atoms with E-state index in [4.69, 9.17) is 4.55 Å². The summed E-state index contributed by atoms with van der Waals surface area (Å²) in [6.45, 7) is 2.48. The molecule has 12 heteroatoms. The molecule has 1 unspecified atom stereocenters. The zero-order valence-corrected chi connectivity index (χ0v) is 13.5. The molecule has 0 aliphatic rings. The predicted octanol–water partition coefficient (Wildman–Crippen LogP) is 1.79. The van der Waals surface area contributed by atoms with Crippen LogP contribution in [0.3, 0.4) is 0 Å². The number of rotatable bonds is 9. The van der Waals surface area contributed by atoms with Gasteiger partial charge in [0.15, 0.2) is 6.61 Å².